The Balaban J connectivity index is 1.94. The molecule has 3 rings (SSSR count). The Morgan fingerprint density at radius 2 is 1.90 bits per heavy atom. The standard InChI is InChI=1S/C20H30N2O8S/c1-5-6-11-28-21-19(24)16-18-17(29-20(2,3)30-18)15(23)12-22(16)31(25,26)14-9-7-13(27-4)8-10-14/h7-10,15-18,23H,5-6,11-12H2,1-4H3,(H,21,24)/t15-,16+,17+,18-/m0/s1. The van der Waals surface area contributed by atoms with Crippen LogP contribution in [0.3, 0.4) is 0 Å². The first kappa shape index (κ1) is 23.9. The van der Waals surface area contributed by atoms with Gasteiger partial charge in [0.2, 0.25) is 10.0 Å². The van der Waals surface area contributed by atoms with Crippen molar-refractivity contribution in [3.8, 4) is 5.75 Å². The molecule has 0 aliphatic carbocycles. The summed E-state index contributed by atoms with van der Waals surface area (Å²) in [6.45, 7) is 5.23. The summed E-state index contributed by atoms with van der Waals surface area (Å²) in [4.78, 5) is 18.2. The quantitative estimate of drug-likeness (QED) is 0.433. The van der Waals surface area contributed by atoms with Gasteiger partial charge in [0.15, 0.2) is 5.79 Å². The summed E-state index contributed by atoms with van der Waals surface area (Å²) in [6.07, 6.45) is -1.44. The Hall–Kier alpha value is -1.76. The SMILES string of the molecule is CCCCONC(=O)[C@H]1[C@@H]2OC(C)(C)O[C@@H]2[C@@H](O)CN1S(=O)(=O)c1ccc(OC)cc1. The van der Waals surface area contributed by atoms with Gasteiger partial charge < -0.3 is 19.3 Å². The topological polar surface area (TPSA) is 124 Å². The van der Waals surface area contributed by atoms with Crippen molar-refractivity contribution in [2.75, 3.05) is 20.3 Å². The molecule has 1 aromatic rings. The highest BCUT2D eigenvalue weighted by molar-refractivity contribution is 7.89. The zero-order chi connectivity index (χ0) is 22.8. The molecule has 1 aromatic carbocycles. The molecule has 10 nitrogen and oxygen atoms in total. The van der Waals surface area contributed by atoms with E-state index in [-0.39, 0.29) is 11.4 Å². The third kappa shape index (κ3) is 5.02. The maximum Gasteiger partial charge on any atom is 0.264 e. The van der Waals surface area contributed by atoms with Crippen LogP contribution in [0.1, 0.15) is 33.6 Å². The molecule has 2 saturated heterocycles. The minimum Gasteiger partial charge on any atom is -0.497 e. The Morgan fingerprint density at radius 1 is 1.26 bits per heavy atom. The number of fused-ring (bicyclic) bond motifs is 1. The van der Waals surface area contributed by atoms with Gasteiger partial charge in [-0.15, -0.1) is 0 Å². The monoisotopic (exact) mass is 458 g/mol. The van der Waals surface area contributed by atoms with E-state index < -0.39 is 46.1 Å². The van der Waals surface area contributed by atoms with Crippen LogP contribution >= 0.6 is 0 Å². The molecule has 2 heterocycles. The smallest absolute Gasteiger partial charge is 0.264 e. The molecule has 0 saturated carbocycles. The number of hydrogen-bond acceptors (Lipinski definition) is 8. The highest BCUT2D eigenvalue weighted by Gasteiger charge is 2.58. The zero-order valence-electron chi connectivity index (χ0n) is 18.1. The second-order valence-electron chi connectivity index (χ2n) is 8.00. The fraction of sp³-hybridized carbons (Fsp3) is 0.650. The van der Waals surface area contributed by atoms with E-state index >= 15 is 0 Å². The number of benzene rings is 1. The maximum absolute atomic E-state index is 13.4. The Morgan fingerprint density at radius 3 is 2.52 bits per heavy atom. The lowest BCUT2D eigenvalue weighted by molar-refractivity contribution is -0.156. The van der Waals surface area contributed by atoms with Gasteiger partial charge in [-0.3, -0.25) is 9.63 Å². The van der Waals surface area contributed by atoms with Crippen molar-refractivity contribution < 1.29 is 37.4 Å². The molecule has 2 fully saturated rings. The van der Waals surface area contributed by atoms with E-state index in [0.29, 0.717) is 12.4 Å². The fourth-order valence-corrected chi connectivity index (χ4v) is 5.35. The summed E-state index contributed by atoms with van der Waals surface area (Å²) >= 11 is 0. The summed E-state index contributed by atoms with van der Waals surface area (Å²) in [5, 5.41) is 10.6. The number of β-amino-alcohol motifs (C(OH)–C–C–N with tert-alkyl or cyclic N) is 1. The average Bonchev–Trinajstić information content (AvgIpc) is 3.06. The van der Waals surface area contributed by atoms with Crippen molar-refractivity contribution in [2.24, 2.45) is 0 Å². The van der Waals surface area contributed by atoms with Crippen molar-refractivity contribution in [1.82, 2.24) is 9.79 Å². The molecule has 2 N–H and O–H groups in total. The van der Waals surface area contributed by atoms with Crippen LogP contribution in [0, 0.1) is 0 Å². The van der Waals surface area contributed by atoms with E-state index in [0.717, 1.165) is 17.1 Å². The summed E-state index contributed by atoms with van der Waals surface area (Å²) in [6, 6.07) is 4.50. The molecule has 2 aliphatic rings. The van der Waals surface area contributed by atoms with Crippen LogP contribution in [-0.4, -0.2) is 74.1 Å². The van der Waals surface area contributed by atoms with Crippen LogP contribution in [0.15, 0.2) is 29.2 Å². The molecule has 11 heteroatoms. The van der Waals surface area contributed by atoms with Crippen LogP contribution in [0.2, 0.25) is 0 Å². The van der Waals surface area contributed by atoms with Gasteiger partial charge in [-0.1, -0.05) is 13.3 Å². The van der Waals surface area contributed by atoms with Gasteiger partial charge >= 0.3 is 0 Å². The number of methoxy groups -OCH3 is 1. The fourth-order valence-electron chi connectivity index (χ4n) is 3.73. The molecular formula is C20H30N2O8S. The number of hydrogen-bond donors (Lipinski definition) is 2. The minimum absolute atomic E-state index is 0.0400. The molecule has 0 spiro atoms. The third-order valence-electron chi connectivity index (χ3n) is 5.24. The van der Waals surface area contributed by atoms with E-state index in [4.69, 9.17) is 19.0 Å². The number of piperidine rings is 1. The molecule has 0 unspecified atom stereocenters. The molecule has 4 atom stereocenters. The number of unbranched alkanes of at least 4 members (excludes halogenated alkanes) is 1. The first-order valence-electron chi connectivity index (χ1n) is 10.2. The van der Waals surface area contributed by atoms with Crippen LogP contribution in [-0.2, 0) is 29.1 Å². The zero-order valence-corrected chi connectivity index (χ0v) is 18.9. The Labute approximate surface area is 182 Å². The van der Waals surface area contributed by atoms with Crippen LogP contribution in [0.5, 0.6) is 5.75 Å². The second-order valence-corrected chi connectivity index (χ2v) is 9.89. The number of carbonyl (C=O) groups excluding carboxylic acids is 1. The van der Waals surface area contributed by atoms with Crippen LogP contribution < -0.4 is 10.2 Å². The number of nitrogens with one attached hydrogen (secondary N) is 1. The number of rotatable bonds is 8. The molecule has 31 heavy (non-hydrogen) atoms. The van der Waals surface area contributed by atoms with Gasteiger partial charge in [0.1, 0.15) is 24.0 Å². The van der Waals surface area contributed by atoms with Gasteiger partial charge in [-0.25, -0.2) is 13.9 Å². The van der Waals surface area contributed by atoms with Crippen molar-refractivity contribution >= 4 is 15.9 Å². The number of carbonyl (C=O) groups is 1. The van der Waals surface area contributed by atoms with Gasteiger partial charge in [0, 0.05) is 6.54 Å². The number of aliphatic hydroxyl groups excluding tert-OH is 1. The Bertz CT molecular complexity index is 874. The Kier molecular flexibility index (Phi) is 7.24. The first-order valence-corrected chi connectivity index (χ1v) is 11.7. The number of aliphatic hydroxyl groups is 1. The summed E-state index contributed by atoms with van der Waals surface area (Å²) in [7, 11) is -2.68. The maximum atomic E-state index is 13.4. The highest BCUT2D eigenvalue weighted by atomic mass is 32.2. The lowest BCUT2D eigenvalue weighted by atomic mass is 9.95. The number of amides is 1. The normalized spacial score (nSPS) is 28.2. The molecular weight excluding hydrogens is 428 g/mol. The molecule has 1 amide bonds. The summed E-state index contributed by atoms with van der Waals surface area (Å²) in [5.41, 5.74) is 2.33. The van der Waals surface area contributed by atoms with Crippen LogP contribution in [0.25, 0.3) is 0 Å². The van der Waals surface area contributed by atoms with Gasteiger partial charge in [0.25, 0.3) is 5.91 Å². The van der Waals surface area contributed by atoms with E-state index in [9.17, 15) is 18.3 Å². The predicted molar refractivity (Wildman–Crippen MR) is 110 cm³/mol. The number of sulfonamides is 1. The third-order valence-corrected chi connectivity index (χ3v) is 7.10. The molecule has 174 valence electrons. The number of nitrogens with zero attached hydrogens (tertiary/aromatic N) is 1. The largest absolute Gasteiger partial charge is 0.497 e. The molecule has 0 bridgehead atoms. The summed E-state index contributed by atoms with van der Waals surface area (Å²) < 4.78 is 44.5. The predicted octanol–water partition coefficient (Wildman–Crippen LogP) is 0.797. The lowest BCUT2D eigenvalue weighted by Crippen LogP contribution is -2.65. The molecule has 0 radical (unpaired) electrons. The number of hydroxylamine groups is 1. The van der Waals surface area contributed by atoms with Crippen molar-refractivity contribution in [1.29, 1.82) is 0 Å². The minimum atomic E-state index is -4.16. The van der Waals surface area contributed by atoms with Crippen molar-refractivity contribution in [3.05, 3.63) is 24.3 Å². The van der Waals surface area contributed by atoms with Crippen molar-refractivity contribution in [2.45, 2.75) is 68.6 Å². The summed E-state index contributed by atoms with van der Waals surface area (Å²) in [5.74, 6) is -1.28. The van der Waals surface area contributed by atoms with Crippen LogP contribution in [0.4, 0.5) is 0 Å². The average molecular weight is 459 g/mol. The van der Waals surface area contributed by atoms with E-state index in [1.807, 2.05) is 6.92 Å². The van der Waals surface area contributed by atoms with Crippen molar-refractivity contribution in [3.63, 3.8) is 0 Å². The van der Waals surface area contributed by atoms with E-state index in [1.54, 1.807) is 13.8 Å². The molecule has 0 aromatic heterocycles. The van der Waals surface area contributed by atoms with Gasteiger partial charge in [-0.05, 0) is 44.5 Å². The second kappa shape index (κ2) is 9.39. The van der Waals surface area contributed by atoms with Gasteiger partial charge in [-0.2, -0.15) is 4.31 Å². The first-order chi connectivity index (χ1) is 14.6. The highest BCUT2D eigenvalue weighted by Crippen LogP contribution is 2.38. The van der Waals surface area contributed by atoms with E-state index in [1.165, 1.54) is 31.4 Å². The number of ether oxygens (including phenoxy) is 3. The molecule has 2 aliphatic heterocycles. The van der Waals surface area contributed by atoms with Gasteiger partial charge in [0.05, 0.1) is 24.7 Å². The van der Waals surface area contributed by atoms with E-state index in [2.05, 4.69) is 5.48 Å². The lowest BCUT2D eigenvalue weighted by Gasteiger charge is -2.41.